The van der Waals surface area contributed by atoms with Gasteiger partial charge in [0.25, 0.3) is 0 Å². The molecule has 0 bridgehead atoms. The molecule has 1 aliphatic rings. The van der Waals surface area contributed by atoms with Gasteiger partial charge in [0.1, 0.15) is 0 Å². The van der Waals surface area contributed by atoms with Gasteiger partial charge in [-0.15, -0.1) is 0 Å². The third kappa shape index (κ3) is 2.99. The molecule has 1 aliphatic carbocycles. The first-order valence-electron chi connectivity index (χ1n) is 5.06. The maximum absolute atomic E-state index is 11.2. The second kappa shape index (κ2) is 4.71. The summed E-state index contributed by atoms with van der Waals surface area (Å²) in [6.45, 7) is 0. The van der Waals surface area contributed by atoms with E-state index in [1.807, 2.05) is 12.3 Å². The van der Waals surface area contributed by atoms with E-state index in [4.69, 9.17) is 0 Å². The van der Waals surface area contributed by atoms with Crippen molar-refractivity contribution in [1.29, 1.82) is 0 Å². The van der Waals surface area contributed by atoms with Crippen LogP contribution >= 0.6 is 15.9 Å². The number of hydrogen-bond acceptors (Lipinski definition) is 2. The quantitative estimate of drug-likeness (QED) is 0.823. The summed E-state index contributed by atoms with van der Waals surface area (Å²) in [6.07, 6.45) is 9.00. The number of carbonyl (C=O) groups excluding carboxylic acids is 1. The number of rotatable bonds is 2. The largest absolute Gasteiger partial charge is 0.295 e. The van der Waals surface area contributed by atoms with Crippen molar-refractivity contribution < 1.29 is 4.79 Å². The van der Waals surface area contributed by atoms with Gasteiger partial charge in [0.15, 0.2) is 5.78 Å². The zero-order valence-corrected chi connectivity index (χ0v) is 9.96. The molecule has 0 aliphatic heterocycles. The number of halogens is 1. The van der Waals surface area contributed by atoms with Crippen LogP contribution in [0.3, 0.4) is 0 Å². The van der Waals surface area contributed by atoms with E-state index in [-0.39, 0.29) is 5.78 Å². The molecule has 0 atom stereocenters. The van der Waals surface area contributed by atoms with Gasteiger partial charge in [-0.3, -0.25) is 9.78 Å². The van der Waals surface area contributed by atoms with E-state index >= 15 is 0 Å². The Morgan fingerprint density at radius 3 is 2.93 bits per heavy atom. The first kappa shape index (κ1) is 10.6. The van der Waals surface area contributed by atoms with E-state index in [2.05, 4.69) is 20.9 Å². The van der Waals surface area contributed by atoms with Crippen LogP contribution in [-0.4, -0.2) is 10.8 Å². The third-order valence-corrected chi connectivity index (χ3v) is 2.91. The van der Waals surface area contributed by atoms with Crippen LogP contribution in [0.4, 0.5) is 0 Å². The summed E-state index contributed by atoms with van der Waals surface area (Å²) < 4.78 is 0.989. The fourth-order valence-corrected chi connectivity index (χ4v) is 2.23. The number of ketones is 1. The minimum atomic E-state index is 0.263. The SMILES string of the molecule is O=C1C=C(Cc2cncc(Br)c2)CCC1. The Balaban J connectivity index is 2.11. The van der Waals surface area contributed by atoms with Gasteiger partial charge < -0.3 is 0 Å². The minimum absolute atomic E-state index is 0.263. The summed E-state index contributed by atoms with van der Waals surface area (Å²) in [7, 11) is 0. The van der Waals surface area contributed by atoms with Gasteiger partial charge in [0, 0.05) is 23.3 Å². The highest BCUT2D eigenvalue weighted by Crippen LogP contribution is 2.20. The molecule has 0 fully saturated rings. The summed E-state index contributed by atoms with van der Waals surface area (Å²) in [6, 6.07) is 2.05. The fraction of sp³-hybridized carbons (Fsp3) is 0.333. The summed E-state index contributed by atoms with van der Waals surface area (Å²) >= 11 is 3.39. The highest BCUT2D eigenvalue weighted by atomic mass is 79.9. The number of carbonyl (C=O) groups is 1. The molecular formula is C12H12BrNO. The normalized spacial score (nSPS) is 16.3. The van der Waals surface area contributed by atoms with Crippen LogP contribution in [0.15, 0.2) is 34.6 Å². The Morgan fingerprint density at radius 2 is 2.20 bits per heavy atom. The molecule has 1 aromatic rings. The Hall–Kier alpha value is -0.960. The highest BCUT2D eigenvalue weighted by molar-refractivity contribution is 9.10. The van der Waals surface area contributed by atoms with Gasteiger partial charge >= 0.3 is 0 Å². The van der Waals surface area contributed by atoms with Crippen molar-refractivity contribution in [1.82, 2.24) is 4.98 Å². The molecule has 0 saturated carbocycles. The van der Waals surface area contributed by atoms with Crippen LogP contribution in [-0.2, 0) is 11.2 Å². The topological polar surface area (TPSA) is 30.0 Å². The van der Waals surface area contributed by atoms with Crippen molar-refractivity contribution in [3.63, 3.8) is 0 Å². The standard InChI is InChI=1S/C12H12BrNO/c13-11-5-10(7-14-8-11)4-9-2-1-3-12(15)6-9/h5-8H,1-4H2. The summed E-state index contributed by atoms with van der Waals surface area (Å²) in [5.41, 5.74) is 2.39. The van der Waals surface area contributed by atoms with Gasteiger partial charge in [-0.2, -0.15) is 0 Å². The average Bonchev–Trinajstić information content (AvgIpc) is 2.17. The van der Waals surface area contributed by atoms with Crippen LogP contribution in [0.25, 0.3) is 0 Å². The molecule has 0 spiro atoms. The van der Waals surface area contributed by atoms with Gasteiger partial charge in [0.2, 0.25) is 0 Å². The average molecular weight is 266 g/mol. The summed E-state index contributed by atoms with van der Waals surface area (Å²) in [5.74, 6) is 0.263. The van der Waals surface area contributed by atoms with Crippen molar-refractivity contribution in [2.45, 2.75) is 25.7 Å². The molecular weight excluding hydrogens is 254 g/mol. The van der Waals surface area contributed by atoms with Crippen molar-refractivity contribution >= 4 is 21.7 Å². The predicted molar refractivity (Wildman–Crippen MR) is 62.6 cm³/mol. The second-order valence-corrected chi connectivity index (χ2v) is 4.73. The van der Waals surface area contributed by atoms with Gasteiger partial charge in [0.05, 0.1) is 0 Å². The highest BCUT2D eigenvalue weighted by Gasteiger charge is 2.10. The smallest absolute Gasteiger partial charge is 0.155 e. The lowest BCUT2D eigenvalue weighted by atomic mass is 9.94. The lowest BCUT2D eigenvalue weighted by Crippen LogP contribution is -2.04. The maximum Gasteiger partial charge on any atom is 0.155 e. The van der Waals surface area contributed by atoms with Gasteiger partial charge in [-0.25, -0.2) is 0 Å². The van der Waals surface area contributed by atoms with Crippen molar-refractivity contribution in [3.05, 3.63) is 40.1 Å². The molecule has 0 saturated heterocycles. The summed E-state index contributed by atoms with van der Waals surface area (Å²) in [4.78, 5) is 15.3. The van der Waals surface area contributed by atoms with Crippen molar-refractivity contribution in [3.8, 4) is 0 Å². The summed E-state index contributed by atoms with van der Waals surface area (Å²) in [5, 5.41) is 0. The van der Waals surface area contributed by atoms with Crippen LogP contribution in [0.2, 0.25) is 0 Å². The Morgan fingerprint density at radius 1 is 1.33 bits per heavy atom. The predicted octanol–water partition coefficient (Wildman–Crippen LogP) is 3.07. The molecule has 78 valence electrons. The Labute approximate surface area is 97.5 Å². The zero-order chi connectivity index (χ0) is 10.7. The molecule has 1 aromatic heterocycles. The minimum Gasteiger partial charge on any atom is -0.295 e. The molecule has 1 heterocycles. The molecule has 0 amide bonds. The zero-order valence-electron chi connectivity index (χ0n) is 8.37. The van der Waals surface area contributed by atoms with Crippen molar-refractivity contribution in [2.75, 3.05) is 0 Å². The van der Waals surface area contributed by atoms with E-state index in [9.17, 15) is 4.79 Å². The number of hydrogen-bond donors (Lipinski definition) is 0. The van der Waals surface area contributed by atoms with Gasteiger partial charge in [-0.1, -0.05) is 5.57 Å². The monoisotopic (exact) mass is 265 g/mol. The molecule has 0 N–H and O–H groups in total. The Bertz CT molecular complexity index is 412. The first-order valence-corrected chi connectivity index (χ1v) is 5.85. The molecule has 3 heteroatoms. The number of nitrogens with zero attached hydrogens (tertiary/aromatic N) is 1. The van der Waals surface area contributed by atoms with Crippen LogP contribution in [0, 0.1) is 0 Å². The van der Waals surface area contributed by atoms with E-state index in [0.29, 0.717) is 6.42 Å². The Kier molecular flexibility index (Phi) is 3.31. The molecule has 0 aromatic carbocycles. The molecule has 0 unspecified atom stereocenters. The number of pyridine rings is 1. The van der Waals surface area contributed by atoms with E-state index < -0.39 is 0 Å². The van der Waals surface area contributed by atoms with Gasteiger partial charge in [-0.05, 0) is 52.9 Å². The van der Waals surface area contributed by atoms with Crippen molar-refractivity contribution in [2.24, 2.45) is 0 Å². The van der Waals surface area contributed by atoms with Crippen LogP contribution in [0.5, 0.6) is 0 Å². The second-order valence-electron chi connectivity index (χ2n) is 3.81. The number of aromatic nitrogens is 1. The third-order valence-electron chi connectivity index (χ3n) is 2.48. The maximum atomic E-state index is 11.2. The van der Waals surface area contributed by atoms with Crippen LogP contribution in [0.1, 0.15) is 24.8 Å². The molecule has 2 nitrogen and oxygen atoms in total. The van der Waals surface area contributed by atoms with E-state index in [1.165, 1.54) is 5.57 Å². The number of allylic oxidation sites excluding steroid dienone is 2. The first-order chi connectivity index (χ1) is 7.24. The lowest BCUT2D eigenvalue weighted by Gasteiger charge is -2.11. The van der Waals surface area contributed by atoms with Crippen LogP contribution < -0.4 is 0 Å². The molecule has 2 rings (SSSR count). The lowest BCUT2D eigenvalue weighted by molar-refractivity contribution is -0.115. The molecule has 0 radical (unpaired) electrons. The van der Waals surface area contributed by atoms with E-state index in [0.717, 1.165) is 29.3 Å². The fourth-order valence-electron chi connectivity index (χ4n) is 1.82. The van der Waals surface area contributed by atoms with E-state index in [1.54, 1.807) is 12.3 Å². The molecule has 15 heavy (non-hydrogen) atoms.